The second-order valence-corrected chi connectivity index (χ2v) is 4.61. The van der Waals surface area contributed by atoms with E-state index in [4.69, 9.17) is 0 Å². The zero-order valence-corrected chi connectivity index (χ0v) is 11.6. The van der Waals surface area contributed by atoms with E-state index in [2.05, 4.69) is 30.1 Å². The summed E-state index contributed by atoms with van der Waals surface area (Å²) in [5, 5.41) is 0. The standard InChI is InChI=1S/C12H7BrF3NO3/c1-19-10(18)9-8(6-2-4-7(13)5-3-6)17-11(20-9)12(14,15)16/h2-5H,1H3. The van der Waals surface area contributed by atoms with Gasteiger partial charge in [0.25, 0.3) is 0 Å². The Morgan fingerprint density at radius 3 is 2.40 bits per heavy atom. The van der Waals surface area contributed by atoms with Crippen LogP contribution in [-0.4, -0.2) is 18.1 Å². The number of aromatic nitrogens is 1. The van der Waals surface area contributed by atoms with Gasteiger partial charge in [0.05, 0.1) is 7.11 Å². The smallest absolute Gasteiger partial charge is 0.463 e. The maximum absolute atomic E-state index is 12.6. The molecule has 0 unspecified atom stereocenters. The van der Waals surface area contributed by atoms with E-state index < -0.39 is 23.8 Å². The van der Waals surface area contributed by atoms with Crippen LogP contribution in [0.15, 0.2) is 33.2 Å². The molecule has 0 bridgehead atoms. The first kappa shape index (κ1) is 14.6. The monoisotopic (exact) mass is 349 g/mol. The molecular formula is C12H7BrF3NO3. The van der Waals surface area contributed by atoms with Gasteiger partial charge in [-0.3, -0.25) is 0 Å². The molecule has 0 N–H and O–H groups in total. The Bertz CT molecular complexity index is 634. The Hall–Kier alpha value is -1.83. The summed E-state index contributed by atoms with van der Waals surface area (Å²) in [7, 11) is 1.05. The Balaban J connectivity index is 2.58. The summed E-state index contributed by atoms with van der Waals surface area (Å²) in [5.74, 6) is -3.09. The third kappa shape index (κ3) is 2.84. The lowest BCUT2D eigenvalue weighted by atomic mass is 10.1. The highest BCUT2D eigenvalue weighted by Gasteiger charge is 2.40. The molecule has 0 radical (unpaired) electrons. The summed E-state index contributed by atoms with van der Waals surface area (Å²) < 4.78 is 47.5. The first-order chi connectivity index (χ1) is 9.32. The third-order valence-corrected chi connectivity index (χ3v) is 2.89. The number of carbonyl (C=O) groups is 1. The van der Waals surface area contributed by atoms with E-state index in [1.165, 1.54) is 12.1 Å². The maximum atomic E-state index is 12.6. The van der Waals surface area contributed by atoms with Crippen LogP contribution in [0.25, 0.3) is 11.3 Å². The van der Waals surface area contributed by atoms with Crippen molar-refractivity contribution in [3.63, 3.8) is 0 Å². The quantitative estimate of drug-likeness (QED) is 0.771. The summed E-state index contributed by atoms with van der Waals surface area (Å²) in [6, 6.07) is 6.24. The molecule has 0 amide bonds. The molecule has 20 heavy (non-hydrogen) atoms. The minimum Gasteiger partial charge on any atom is -0.463 e. The van der Waals surface area contributed by atoms with Crippen LogP contribution in [0.5, 0.6) is 0 Å². The summed E-state index contributed by atoms with van der Waals surface area (Å²) in [6.07, 6.45) is -4.78. The molecule has 0 aliphatic carbocycles. The van der Waals surface area contributed by atoms with Crippen LogP contribution in [0, 0.1) is 0 Å². The molecule has 0 saturated heterocycles. The fourth-order valence-corrected chi connectivity index (χ4v) is 1.74. The summed E-state index contributed by atoms with van der Waals surface area (Å²) in [4.78, 5) is 14.8. The Kier molecular flexibility index (Phi) is 3.85. The predicted octanol–water partition coefficient (Wildman–Crippen LogP) is 3.91. The first-order valence-electron chi connectivity index (χ1n) is 5.25. The van der Waals surface area contributed by atoms with Gasteiger partial charge in [0, 0.05) is 10.0 Å². The number of benzene rings is 1. The number of hydrogen-bond acceptors (Lipinski definition) is 4. The number of alkyl halides is 3. The van der Waals surface area contributed by atoms with Crippen molar-refractivity contribution in [2.75, 3.05) is 7.11 Å². The SMILES string of the molecule is COC(=O)c1oc(C(F)(F)F)nc1-c1ccc(Br)cc1. The number of carbonyl (C=O) groups excluding carboxylic acids is 1. The zero-order valence-electron chi connectivity index (χ0n) is 9.99. The van der Waals surface area contributed by atoms with E-state index in [-0.39, 0.29) is 5.69 Å². The van der Waals surface area contributed by atoms with Crippen LogP contribution in [0.3, 0.4) is 0 Å². The van der Waals surface area contributed by atoms with E-state index >= 15 is 0 Å². The molecular weight excluding hydrogens is 343 g/mol. The van der Waals surface area contributed by atoms with Gasteiger partial charge in [-0.05, 0) is 12.1 Å². The normalized spacial score (nSPS) is 11.4. The highest BCUT2D eigenvalue weighted by atomic mass is 79.9. The van der Waals surface area contributed by atoms with Gasteiger partial charge in [0.2, 0.25) is 5.76 Å². The van der Waals surface area contributed by atoms with Crippen molar-refractivity contribution in [3.05, 3.63) is 40.4 Å². The van der Waals surface area contributed by atoms with Crippen LogP contribution in [0.2, 0.25) is 0 Å². The number of esters is 1. The molecule has 0 aliphatic rings. The average molecular weight is 350 g/mol. The predicted molar refractivity (Wildman–Crippen MR) is 66.0 cm³/mol. The van der Waals surface area contributed by atoms with Crippen LogP contribution >= 0.6 is 15.9 Å². The molecule has 2 rings (SSSR count). The molecule has 1 heterocycles. The van der Waals surface area contributed by atoms with Crippen molar-refractivity contribution in [1.29, 1.82) is 0 Å². The number of rotatable bonds is 2. The second-order valence-electron chi connectivity index (χ2n) is 3.69. The molecule has 1 aromatic carbocycles. The second kappa shape index (κ2) is 5.28. The summed E-state index contributed by atoms with van der Waals surface area (Å²) >= 11 is 3.20. The van der Waals surface area contributed by atoms with E-state index in [0.29, 0.717) is 5.56 Å². The van der Waals surface area contributed by atoms with Crippen molar-refractivity contribution in [1.82, 2.24) is 4.98 Å². The molecule has 2 aromatic rings. The number of oxazole rings is 1. The molecule has 0 aliphatic heterocycles. The molecule has 4 nitrogen and oxygen atoms in total. The van der Waals surface area contributed by atoms with E-state index in [0.717, 1.165) is 11.6 Å². The highest BCUT2D eigenvalue weighted by Crippen LogP contribution is 2.34. The van der Waals surface area contributed by atoms with Crippen LogP contribution in [-0.2, 0) is 10.9 Å². The van der Waals surface area contributed by atoms with Gasteiger partial charge >= 0.3 is 18.0 Å². The Labute approximate surface area is 119 Å². The first-order valence-corrected chi connectivity index (χ1v) is 6.04. The lowest BCUT2D eigenvalue weighted by molar-refractivity contribution is -0.157. The Morgan fingerprint density at radius 2 is 1.90 bits per heavy atom. The Morgan fingerprint density at radius 1 is 1.30 bits per heavy atom. The topological polar surface area (TPSA) is 52.3 Å². The fraction of sp³-hybridized carbons (Fsp3) is 0.167. The van der Waals surface area contributed by atoms with Gasteiger partial charge in [0.1, 0.15) is 5.69 Å². The lowest BCUT2D eigenvalue weighted by Crippen LogP contribution is -2.05. The minimum atomic E-state index is -4.78. The number of ether oxygens (including phenoxy) is 1. The van der Waals surface area contributed by atoms with Crippen LogP contribution in [0.4, 0.5) is 13.2 Å². The van der Waals surface area contributed by atoms with Crippen molar-refractivity contribution in [2.24, 2.45) is 0 Å². The van der Waals surface area contributed by atoms with E-state index in [1.807, 2.05) is 0 Å². The van der Waals surface area contributed by atoms with Gasteiger partial charge in [0.15, 0.2) is 0 Å². The molecule has 106 valence electrons. The van der Waals surface area contributed by atoms with Crippen molar-refractivity contribution in [2.45, 2.75) is 6.18 Å². The van der Waals surface area contributed by atoms with Crippen LogP contribution in [0.1, 0.15) is 16.4 Å². The number of nitrogens with zero attached hydrogens (tertiary/aromatic N) is 1. The molecule has 0 spiro atoms. The molecule has 8 heteroatoms. The molecule has 0 fully saturated rings. The third-order valence-electron chi connectivity index (χ3n) is 2.36. The largest absolute Gasteiger partial charge is 0.468 e. The fourth-order valence-electron chi connectivity index (χ4n) is 1.48. The number of hydrogen-bond donors (Lipinski definition) is 0. The maximum Gasteiger partial charge on any atom is 0.468 e. The summed E-state index contributed by atoms with van der Waals surface area (Å²) in [6.45, 7) is 0. The van der Waals surface area contributed by atoms with Gasteiger partial charge in [-0.2, -0.15) is 13.2 Å². The van der Waals surface area contributed by atoms with Gasteiger partial charge in [-0.25, -0.2) is 9.78 Å². The summed E-state index contributed by atoms with van der Waals surface area (Å²) in [5.41, 5.74) is 0.101. The number of halogens is 4. The zero-order chi connectivity index (χ0) is 14.9. The lowest BCUT2D eigenvalue weighted by Gasteiger charge is -1.99. The van der Waals surface area contributed by atoms with E-state index in [1.54, 1.807) is 12.1 Å². The van der Waals surface area contributed by atoms with Gasteiger partial charge in [-0.1, -0.05) is 28.1 Å². The van der Waals surface area contributed by atoms with E-state index in [9.17, 15) is 18.0 Å². The average Bonchev–Trinajstić information content (AvgIpc) is 2.83. The molecule has 0 atom stereocenters. The van der Waals surface area contributed by atoms with Gasteiger partial charge < -0.3 is 9.15 Å². The minimum absolute atomic E-state index is 0.211. The molecule has 1 aromatic heterocycles. The number of methoxy groups -OCH3 is 1. The highest BCUT2D eigenvalue weighted by molar-refractivity contribution is 9.10. The van der Waals surface area contributed by atoms with Crippen LogP contribution < -0.4 is 0 Å². The van der Waals surface area contributed by atoms with Gasteiger partial charge in [-0.15, -0.1) is 0 Å². The van der Waals surface area contributed by atoms with Crippen molar-refractivity contribution in [3.8, 4) is 11.3 Å². The molecule has 0 saturated carbocycles. The van der Waals surface area contributed by atoms with Crippen molar-refractivity contribution >= 4 is 21.9 Å². The van der Waals surface area contributed by atoms with Crippen molar-refractivity contribution < 1.29 is 27.1 Å².